The smallest absolute Gasteiger partial charge is 0.319 e. The highest BCUT2D eigenvalue weighted by molar-refractivity contribution is 5.90. The van der Waals surface area contributed by atoms with Crippen molar-refractivity contribution in [1.82, 2.24) is 5.32 Å². The Hall–Kier alpha value is -2.25. The maximum absolute atomic E-state index is 11.8. The Bertz CT molecular complexity index is 466. The molecule has 0 aliphatic carbocycles. The molecule has 0 aliphatic rings. The predicted molar refractivity (Wildman–Crippen MR) is 60.9 cm³/mol. The third-order valence-electron chi connectivity index (χ3n) is 2.09. The summed E-state index contributed by atoms with van der Waals surface area (Å²) in [7, 11) is 0. The number of nitro benzene ring substituents is 1. The fourth-order valence-electron chi connectivity index (χ4n) is 1.24. The lowest BCUT2D eigenvalue weighted by Gasteiger charge is -2.09. The molecule has 0 saturated heterocycles. The summed E-state index contributed by atoms with van der Waals surface area (Å²) in [5.74, 6) is 0. The van der Waals surface area contributed by atoms with Crippen LogP contribution in [0.2, 0.25) is 0 Å². The van der Waals surface area contributed by atoms with Crippen LogP contribution < -0.4 is 10.6 Å². The SMILES string of the molecule is Cc1cc([N+](=O)[O-])ccc1NC(=O)NCC(F)F. The average Bonchev–Trinajstić information content (AvgIpc) is 2.29. The number of anilines is 1. The molecule has 1 aromatic carbocycles. The van der Waals surface area contributed by atoms with Gasteiger partial charge in [0.1, 0.15) is 0 Å². The molecule has 0 aliphatic heterocycles. The molecule has 6 nitrogen and oxygen atoms in total. The topological polar surface area (TPSA) is 84.3 Å². The van der Waals surface area contributed by atoms with Gasteiger partial charge in [-0.15, -0.1) is 0 Å². The Balaban J connectivity index is 2.68. The lowest BCUT2D eigenvalue weighted by atomic mass is 10.2. The number of carbonyl (C=O) groups is 1. The van der Waals surface area contributed by atoms with Crippen LogP contribution in [-0.4, -0.2) is 23.9 Å². The summed E-state index contributed by atoms with van der Waals surface area (Å²) in [4.78, 5) is 21.1. The number of halogens is 2. The van der Waals surface area contributed by atoms with Crippen LogP contribution in [0.5, 0.6) is 0 Å². The second kappa shape index (κ2) is 5.89. The number of non-ortho nitro benzene ring substituents is 1. The molecule has 0 saturated carbocycles. The van der Waals surface area contributed by atoms with Crippen LogP contribution in [0.1, 0.15) is 5.56 Å². The number of benzene rings is 1. The van der Waals surface area contributed by atoms with Gasteiger partial charge in [0.25, 0.3) is 12.1 Å². The van der Waals surface area contributed by atoms with Crippen molar-refractivity contribution in [1.29, 1.82) is 0 Å². The minimum Gasteiger partial charge on any atom is -0.332 e. The average molecular weight is 259 g/mol. The quantitative estimate of drug-likeness (QED) is 0.642. The van der Waals surface area contributed by atoms with E-state index in [0.717, 1.165) is 0 Å². The summed E-state index contributed by atoms with van der Waals surface area (Å²) in [6, 6.07) is 3.06. The molecule has 0 heterocycles. The number of nitrogens with one attached hydrogen (secondary N) is 2. The van der Waals surface area contributed by atoms with Crippen LogP contribution in [0.15, 0.2) is 18.2 Å². The van der Waals surface area contributed by atoms with Gasteiger partial charge in [-0.2, -0.15) is 0 Å². The van der Waals surface area contributed by atoms with E-state index >= 15 is 0 Å². The van der Waals surface area contributed by atoms with Crippen molar-refractivity contribution in [3.05, 3.63) is 33.9 Å². The van der Waals surface area contributed by atoms with Crippen molar-refractivity contribution in [3.8, 4) is 0 Å². The van der Waals surface area contributed by atoms with Crippen molar-refractivity contribution in [3.63, 3.8) is 0 Å². The van der Waals surface area contributed by atoms with Crippen LogP contribution in [0, 0.1) is 17.0 Å². The maximum Gasteiger partial charge on any atom is 0.319 e. The zero-order valence-electron chi connectivity index (χ0n) is 9.44. The fourth-order valence-corrected chi connectivity index (χ4v) is 1.24. The molecule has 0 unspecified atom stereocenters. The van der Waals surface area contributed by atoms with Crippen LogP contribution >= 0.6 is 0 Å². The predicted octanol–water partition coefficient (Wildman–Crippen LogP) is 2.29. The molecule has 0 radical (unpaired) electrons. The van der Waals surface area contributed by atoms with Gasteiger partial charge >= 0.3 is 6.03 Å². The zero-order chi connectivity index (χ0) is 13.7. The summed E-state index contributed by atoms with van der Waals surface area (Å²) >= 11 is 0. The number of hydrogen-bond acceptors (Lipinski definition) is 3. The highest BCUT2D eigenvalue weighted by Gasteiger charge is 2.11. The largest absolute Gasteiger partial charge is 0.332 e. The Morgan fingerprint density at radius 2 is 2.17 bits per heavy atom. The van der Waals surface area contributed by atoms with Gasteiger partial charge in [-0.3, -0.25) is 10.1 Å². The fraction of sp³-hybridized carbons (Fsp3) is 0.300. The number of amides is 2. The van der Waals surface area contributed by atoms with Crippen molar-refractivity contribution in [2.45, 2.75) is 13.3 Å². The maximum atomic E-state index is 11.8. The molecular weight excluding hydrogens is 248 g/mol. The first-order chi connectivity index (χ1) is 8.40. The van der Waals surface area contributed by atoms with Gasteiger partial charge in [0, 0.05) is 17.8 Å². The van der Waals surface area contributed by atoms with E-state index in [2.05, 4.69) is 5.32 Å². The number of carbonyl (C=O) groups excluding carboxylic acids is 1. The minimum absolute atomic E-state index is 0.106. The third kappa shape index (κ3) is 3.96. The van der Waals surface area contributed by atoms with Gasteiger partial charge in [-0.05, 0) is 18.6 Å². The monoisotopic (exact) mass is 259 g/mol. The second-order valence-corrected chi connectivity index (χ2v) is 3.48. The van der Waals surface area contributed by atoms with Crippen molar-refractivity contribution < 1.29 is 18.5 Å². The standard InChI is InChI=1S/C10H11F2N3O3/c1-6-4-7(15(17)18)2-3-8(6)14-10(16)13-5-9(11)12/h2-4,9H,5H2,1H3,(H2,13,14,16). The van der Waals surface area contributed by atoms with Gasteiger partial charge in [-0.1, -0.05) is 0 Å². The van der Waals surface area contributed by atoms with E-state index in [9.17, 15) is 23.7 Å². The number of rotatable bonds is 4. The van der Waals surface area contributed by atoms with E-state index < -0.39 is 23.9 Å². The molecular formula is C10H11F2N3O3. The number of hydrogen-bond donors (Lipinski definition) is 2. The van der Waals surface area contributed by atoms with E-state index in [1.54, 1.807) is 6.92 Å². The number of nitro groups is 1. The summed E-state index contributed by atoms with van der Waals surface area (Å²) in [6.45, 7) is 0.813. The van der Waals surface area contributed by atoms with Gasteiger partial charge in [0.05, 0.1) is 11.5 Å². The lowest BCUT2D eigenvalue weighted by molar-refractivity contribution is -0.384. The van der Waals surface area contributed by atoms with Gasteiger partial charge in [0.15, 0.2) is 0 Å². The van der Waals surface area contributed by atoms with E-state index in [1.807, 2.05) is 5.32 Å². The van der Waals surface area contributed by atoms with Crippen LogP contribution in [-0.2, 0) is 0 Å². The molecule has 2 N–H and O–H groups in total. The van der Waals surface area contributed by atoms with Crippen molar-refractivity contribution in [2.24, 2.45) is 0 Å². The molecule has 1 rings (SSSR count). The molecule has 0 atom stereocenters. The highest BCUT2D eigenvalue weighted by atomic mass is 19.3. The molecule has 8 heteroatoms. The Morgan fingerprint density at radius 1 is 1.50 bits per heavy atom. The number of nitrogens with zero attached hydrogens (tertiary/aromatic N) is 1. The van der Waals surface area contributed by atoms with Crippen LogP contribution in [0.3, 0.4) is 0 Å². The Morgan fingerprint density at radius 3 is 2.67 bits per heavy atom. The molecule has 1 aromatic rings. The van der Waals surface area contributed by atoms with Gasteiger partial charge in [0.2, 0.25) is 0 Å². The van der Waals surface area contributed by atoms with Crippen LogP contribution in [0.4, 0.5) is 25.0 Å². The molecule has 0 aromatic heterocycles. The van der Waals surface area contributed by atoms with Crippen LogP contribution in [0.25, 0.3) is 0 Å². The number of aryl methyl sites for hydroxylation is 1. The van der Waals surface area contributed by atoms with E-state index in [0.29, 0.717) is 11.3 Å². The summed E-state index contributed by atoms with van der Waals surface area (Å²) < 4.78 is 23.7. The van der Waals surface area contributed by atoms with Gasteiger partial charge in [-0.25, -0.2) is 13.6 Å². The Labute approximate surface area is 101 Å². The molecule has 0 fully saturated rings. The number of urea groups is 1. The zero-order valence-corrected chi connectivity index (χ0v) is 9.44. The first kappa shape index (κ1) is 13.8. The molecule has 0 spiro atoms. The number of alkyl halides is 2. The summed E-state index contributed by atoms with van der Waals surface area (Å²) in [5.41, 5.74) is 0.690. The highest BCUT2D eigenvalue weighted by Crippen LogP contribution is 2.20. The molecule has 18 heavy (non-hydrogen) atoms. The third-order valence-corrected chi connectivity index (χ3v) is 2.09. The van der Waals surface area contributed by atoms with Gasteiger partial charge < -0.3 is 10.6 Å². The molecule has 98 valence electrons. The van der Waals surface area contributed by atoms with E-state index in [4.69, 9.17) is 0 Å². The molecule has 0 bridgehead atoms. The van der Waals surface area contributed by atoms with E-state index in [-0.39, 0.29) is 5.69 Å². The Kier molecular flexibility index (Phi) is 4.52. The first-order valence-corrected chi connectivity index (χ1v) is 4.98. The molecule has 2 amide bonds. The minimum atomic E-state index is -2.63. The summed E-state index contributed by atoms with van der Waals surface area (Å²) in [5, 5.41) is 14.8. The lowest BCUT2D eigenvalue weighted by Crippen LogP contribution is -2.32. The normalized spacial score (nSPS) is 10.2. The second-order valence-electron chi connectivity index (χ2n) is 3.48. The van der Waals surface area contributed by atoms with Crippen molar-refractivity contribution >= 4 is 17.4 Å². The van der Waals surface area contributed by atoms with Crippen molar-refractivity contribution in [2.75, 3.05) is 11.9 Å². The first-order valence-electron chi connectivity index (χ1n) is 4.98. The summed E-state index contributed by atoms with van der Waals surface area (Å²) in [6.07, 6.45) is -2.63. The van der Waals surface area contributed by atoms with E-state index in [1.165, 1.54) is 18.2 Å².